The number of hydrogen-bond acceptors (Lipinski definition) is 1. The highest BCUT2D eigenvalue weighted by atomic mass is 127. The first-order valence-corrected chi connectivity index (χ1v) is 4.77. The molecule has 0 spiro atoms. The van der Waals surface area contributed by atoms with Crippen LogP contribution in [0.3, 0.4) is 0 Å². The summed E-state index contributed by atoms with van der Waals surface area (Å²) in [6.07, 6.45) is 4.82. The molecule has 0 N–H and O–H groups in total. The SMILES string of the molecule is [N-]=[N+]=N[C@H]1CCCC[C@@H]1I. The van der Waals surface area contributed by atoms with Crippen molar-refractivity contribution in [1.82, 2.24) is 0 Å². The molecule has 1 aliphatic rings. The summed E-state index contributed by atoms with van der Waals surface area (Å²) in [6.45, 7) is 0. The number of alkyl halides is 1. The van der Waals surface area contributed by atoms with Crippen LogP contribution in [0.2, 0.25) is 0 Å². The Bertz CT molecular complexity index is 153. The van der Waals surface area contributed by atoms with Crippen molar-refractivity contribution in [3.8, 4) is 0 Å². The van der Waals surface area contributed by atoms with Gasteiger partial charge in [-0.05, 0) is 18.4 Å². The molecule has 2 atom stereocenters. The maximum absolute atomic E-state index is 8.19. The van der Waals surface area contributed by atoms with E-state index in [2.05, 4.69) is 32.6 Å². The molecule has 1 saturated carbocycles. The van der Waals surface area contributed by atoms with Crippen LogP contribution in [0.1, 0.15) is 25.7 Å². The van der Waals surface area contributed by atoms with Crippen LogP contribution < -0.4 is 0 Å². The fourth-order valence-electron chi connectivity index (χ4n) is 1.26. The zero-order valence-corrected chi connectivity index (χ0v) is 7.86. The molecular weight excluding hydrogens is 241 g/mol. The second-order valence-corrected chi connectivity index (χ2v) is 4.17. The number of rotatable bonds is 1. The lowest BCUT2D eigenvalue weighted by Gasteiger charge is -2.22. The molecule has 0 radical (unpaired) electrons. The molecule has 0 aromatic carbocycles. The van der Waals surface area contributed by atoms with Crippen LogP contribution in [0.15, 0.2) is 5.11 Å². The fourth-order valence-corrected chi connectivity index (χ4v) is 2.21. The maximum Gasteiger partial charge on any atom is 0.0491 e. The lowest BCUT2D eigenvalue weighted by atomic mass is 9.96. The molecule has 1 fully saturated rings. The zero-order valence-electron chi connectivity index (χ0n) is 5.70. The van der Waals surface area contributed by atoms with Gasteiger partial charge in [0.05, 0.1) is 0 Å². The molecule has 0 bridgehead atoms. The van der Waals surface area contributed by atoms with E-state index < -0.39 is 0 Å². The summed E-state index contributed by atoms with van der Waals surface area (Å²) in [6, 6.07) is 0.263. The normalized spacial score (nSPS) is 32.9. The van der Waals surface area contributed by atoms with Crippen LogP contribution in [-0.2, 0) is 0 Å². The van der Waals surface area contributed by atoms with E-state index >= 15 is 0 Å². The van der Waals surface area contributed by atoms with Crippen LogP contribution in [0, 0.1) is 0 Å². The average Bonchev–Trinajstić information content (AvgIpc) is 1.94. The zero-order chi connectivity index (χ0) is 7.40. The standard InChI is InChI=1S/C6H10IN3/c7-5-3-1-2-4-6(5)9-10-8/h5-6H,1-4H2/t5-,6-/m0/s1. The van der Waals surface area contributed by atoms with Crippen LogP contribution in [0.25, 0.3) is 10.4 Å². The van der Waals surface area contributed by atoms with Gasteiger partial charge in [0.15, 0.2) is 0 Å². The van der Waals surface area contributed by atoms with Gasteiger partial charge in [0.1, 0.15) is 0 Å². The van der Waals surface area contributed by atoms with Gasteiger partial charge in [0.25, 0.3) is 0 Å². The topological polar surface area (TPSA) is 48.8 Å². The van der Waals surface area contributed by atoms with E-state index in [1.165, 1.54) is 19.3 Å². The van der Waals surface area contributed by atoms with E-state index in [1.807, 2.05) is 0 Å². The largest absolute Gasteiger partial charge is 0.0895 e. The highest BCUT2D eigenvalue weighted by Crippen LogP contribution is 2.27. The van der Waals surface area contributed by atoms with E-state index in [1.54, 1.807) is 0 Å². The molecular formula is C6H10IN3. The molecule has 56 valence electrons. The van der Waals surface area contributed by atoms with Crippen LogP contribution in [-0.4, -0.2) is 9.97 Å². The molecule has 0 saturated heterocycles. The summed E-state index contributed by atoms with van der Waals surface area (Å²) in [4.78, 5) is 2.83. The summed E-state index contributed by atoms with van der Waals surface area (Å²) in [5, 5.41) is 3.74. The van der Waals surface area contributed by atoms with Crippen molar-refractivity contribution in [3.63, 3.8) is 0 Å². The highest BCUT2D eigenvalue weighted by Gasteiger charge is 2.20. The van der Waals surface area contributed by atoms with Gasteiger partial charge in [0.2, 0.25) is 0 Å². The Labute approximate surface area is 74.0 Å². The third-order valence-corrected chi connectivity index (χ3v) is 3.30. The summed E-state index contributed by atoms with van der Waals surface area (Å²) in [5.74, 6) is 0. The lowest BCUT2D eigenvalue weighted by molar-refractivity contribution is 0.463. The Hall–Kier alpha value is 0.0400. The molecule has 0 heterocycles. The molecule has 0 aromatic heterocycles. The smallest absolute Gasteiger partial charge is 0.0491 e. The first-order valence-electron chi connectivity index (χ1n) is 3.53. The second-order valence-electron chi connectivity index (χ2n) is 2.57. The van der Waals surface area contributed by atoms with Gasteiger partial charge in [-0.1, -0.05) is 40.5 Å². The van der Waals surface area contributed by atoms with E-state index in [-0.39, 0.29) is 6.04 Å². The van der Waals surface area contributed by atoms with E-state index in [4.69, 9.17) is 5.53 Å². The molecule has 1 rings (SSSR count). The minimum atomic E-state index is 0.263. The lowest BCUT2D eigenvalue weighted by Crippen LogP contribution is -2.21. The molecule has 4 heteroatoms. The van der Waals surface area contributed by atoms with Crippen molar-refractivity contribution in [3.05, 3.63) is 10.4 Å². The molecule has 3 nitrogen and oxygen atoms in total. The van der Waals surface area contributed by atoms with Crippen molar-refractivity contribution in [2.45, 2.75) is 35.6 Å². The van der Waals surface area contributed by atoms with Crippen molar-refractivity contribution >= 4 is 22.6 Å². The summed E-state index contributed by atoms with van der Waals surface area (Å²) in [7, 11) is 0. The molecule has 10 heavy (non-hydrogen) atoms. The Morgan fingerprint density at radius 3 is 2.70 bits per heavy atom. The molecule has 0 amide bonds. The number of hydrogen-bond donors (Lipinski definition) is 0. The minimum Gasteiger partial charge on any atom is -0.0895 e. The average molecular weight is 251 g/mol. The molecule has 0 aromatic rings. The maximum atomic E-state index is 8.19. The van der Waals surface area contributed by atoms with Crippen LogP contribution in [0.5, 0.6) is 0 Å². The third kappa shape index (κ3) is 2.02. The van der Waals surface area contributed by atoms with Gasteiger partial charge in [-0.2, -0.15) is 0 Å². The van der Waals surface area contributed by atoms with E-state index in [0.717, 1.165) is 6.42 Å². The number of azide groups is 1. The second kappa shape index (κ2) is 4.03. The van der Waals surface area contributed by atoms with Gasteiger partial charge in [-0.3, -0.25) is 0 Å². The van der Waals surface area contributed by atoms with Crippen LogP contribution in [0.4, 0.5) is 0 Å². The monoisotopic (exact) mass is 251 g/mol. The van der Waals surface area contributed by atoms with E-state index in [9.17, 15) is 0 Å². The van der Waals surface area contributed by atoms with Gasteiger partial charge in [-0.15, -0.1) is 0 Å². The van der Waals surface area contributed by atoms with Gasteiger partial charge in [0, 0.05) is 14.9 Å². The number of halogens is 1. The molecule has 0 aliphatic heterocycles. The van der Waals surface area contributed by atoms with Gasteiger partial charge >= 0.3 is 0 Å². The van der Waals surface area contributed by atoms with Crippen molar-refractivity contribution in [2.24, 2.45) is 5.11 Å². The highest BCUT2D eigenvalue weighted by molar-refractivity contribution is 14.1. The summed E-state index contributed by atoms with van der Waals surface area (Å²) < 4.78 is 0.572. The quantitative estimate of drug-likeness (QED) is 0.226. The Balaban J connectivity index is 2.47. The minimum absolute atomic E-state index is 0.263. The van der Waals surface area contributed by atoms with Gasteiger partial charge in [-0.25, -0.2) is 0 Å². The molecule has 0 unspecified atom stereocenters. The summed E-state index contributed by atoms with van der Waals surface area (Å²) >= 11 is 2.38. The predicted molar refractivity (Wildman–Crippen MR) is 49.2 cm³/mol. The first-order chi connectivity index (χ1) is 4.84. The predicted octanol–water partition coefficient (Wildman–Crippen LogP) is 3.04. The number of nitrogens with zero attached hydrogens (tertiary/aromatic N) is 3. The van der Waals surface area contributed by atoms with E-state index in [0.29, 0.717) is 3.92 Å². The Morgan fingerprint density at radius 2 is 2.10 bits per heavy atom. The first kappa shape index (κ1) is 8.14. The van der Waals surface area contributed by atoms with Crippen molar-refractivity contribution < 1.29 is 0 Å². The van der Waals surface area contributed by atoms with Crippen molar-refractivity contribution in [2.75, 3.05) is 0 Å². The van der Waals surface area contributed by atoms with Crippen LogP contribution >= 0.6 is 22.6 Å². The van der Waals surface area contributed by atoms with Crippen molar-refractivity contribution in [1.29, 1.82) is 0 Å². The van der Waals surface area contributed by atoms with Gasteiger partial charge < -0.3 is 0 Å². The fraction of sp³-hybridized carbons (Fsp3) is 1.00. The third-order valence-electron chi connectivity index (χ3n) is 1.85. The molecule has 1 aliphatic carbocycles. The summed E-state index contributed by atoms with van der Waals surface area (Å²) in [5.41, 5.74) is 8.19. The Kier molecular flexibility index (Phi) is 3.28. The Morgan fingerprint density at radius 1 is 1.40 bits per heavy atom.